The molecule has 0 radical (unpaired) electrons. The summed E-state index contributed by atoms with van der Waals surface area (Å²) in [6.45, 7) is 0.991. The third-order valence-corrected chi connectivity index (χ3v) is 7.84. The summed E-state index contributed by atoms with van der Waals surface area (Å²) in [4.78, 5) is 46.8. The van der Waals surface area contributed by atoms with Gasteiger partial charge in [0, 0.05) is 30.3 Å². The van der Waals surface area contributed by atoms with Gasteiger partial charge in [0.2, 0.25) is 0 Å². The van der Waals surface area contributed by atoms with Crippen molar-refractivity contribution < 1.29 is 47.2 Å². The Labute approximate surface area is 275 Å². The first kappa shape index (κ1) is 32.9. The highest BCUT2D eigenvalue weighted by atomic mass is 19.1. The number of anilines is 1. The molecule has 0 aromatic heterocycles. The molecule has 6 rings (SSSR count). The highest BCUT2D eigenvalue weighted by Gasteiger charge is 2.54. The summed E-state index contributed by atoms with van der Waals surface area (Å²) in [6.07, 6.45) is 0. The predicted molar refractivity (Wildman–Crippen MR) is 167 cm³/mol. The van der Waals surface area contributed by atoms with Crippen molar-refractivity contribution in [2.45, 2.75) is 5.60 Å². The molecule has 2 aliphatic heterocycles. The fourth-order valence-electron chi connectivity index (χ4n) is 5.65. The molecule has 0 saturated carbocycles. The predicted octanol–water partition coefficient (Wildman–Crippen LogP) is 5.22. The lowest BCUT2D eigenvalue weighted by atomic mass is 9.77. The van der Waals surface area contributed by atoms with E-state index in [1.807, 2.05) is 0 Å². The Hall–Kier alpha value is -6.00. The molecule has 0 saturated heterocycles. The van der Waals surface area contributed by atoms with E-state index in [0.717, 1.165) is 24.3 Å². The topological polar surface area (TPSA) is 181 Å². The van der Waals surface area contributed by atoms with Gasteiger partial charge >= 0.3 is 5.97 Å². The number of non-ortho nitro benzene ring substituents is 1. The summed E-state index contributed by atoms with van der Waals surface area (Å²) < 4.78 is 51.7. The fraction of sp³-hybridized carbons (Fsp3) is 0.212. The second-order valence-corrected chi connectivity index (χ2v) is 10.8. The lowest BCUT2D eigenvalue weighted by molar-refractivity contribution is -0.393. The van der Waals surface area contributed by atoms with Crippen LogP contribution < -0.4 is 15.4 Å². The van der Waals surface area contributed by atoms with E-state index >= 15 is 0 Å². The molecule has 14 nitrogen and oxygen atoms in total. The maximum atomic E-state index is 14.5. The van der Waals surface area contributed by atoms with Crippen molar-refractivity contribution in [2.75, 3.05) is 44.8 Å². The van der Waals surface area contributed by atoms with Gasteiger partial charge in [0.05, 0.1) is 59.0 Å². The van der Waals surface area contributed by atoms with E-state index in [4.69, 9.17) is 18.9 Å². The summed E-state index contributed by atoms with van der Waals surface area (Å²) in [5.41, 5.74) is -1.63. The number of hydrogen-bond acceptors (Lipinski definition) is 11. The molecule has 2 heterocycles. The van der Waals surface area contributed by atoms with E-state index in [-0.39, 0.29) is 84.5 Å². The van der Waals surface area contributed by atoms with Crippen LogP contribution in [0.2, 0.25) is 0 Å². The number of nitro groups is 2. The number of nitrogens with zero attached hydrogens (tertiary/aromatic N) is 2. The minimum atomic E-state index is -1.76. The van der Waals surface area contributed by atoms with Crippen molar-refractivity contribution in [1.82, 2.24) is 5.32 Å². The van der Waals surface area contributed by atoms with Crippen LogP contribution in [0, 0.1) is 31.9 Å². The number of amides is 1. The number of halogens is 2. The Morgan fingerprint density at radius 1 is 0.776 bits per heavy atom. The van der Waals surface area contributed by atoms with Crippen molar-refractivity contribution in [3.63, 3.8) is 0 Å². The molecule has 1 amide bonds. The summed E-state index contributed by atoms with van der Waals surface area (Å²) >= 11 is 0. The lowest BCUT2D eigenvalue weighted by Gasteiger charge is -2.36. The highest BCUT2D eigenvalue weighted by Crippen LogP contribution is 2.56. The van der Waals surface area contributed by atoms with E-state index < -0.39 is 50.3 Å². The smallest absolute Gasteiger partial charge is 0.340 e. The van der Waals surface area contributed by atoms with E-state index in [1.165, 1.54) is 48.5 Å². The van der Waals surface area contributed by atoms with Crippen LogP contribution in [-0.2, 0) is 19.8 Å². The normalized spacial score (nSPS) is 13.5. The van der Waals surface area contributed by atoms with Gasteiger partial charge in [-0.2, -0.15) is 0 Å². The zero-order chi connectivity index (χ0) is 34.7. The molecule has 4 aromatic carbocycles. The fourth-order valence-corrected chi connectivity index (χ4v) is 5.65. The van der Waals surface area contributed by atoms with Crippen LogP contribution >= 0.6 is 0 Å². The third-order valence-electron chi connectivity index (χ3n) is 7.84. The zero-order valence-corrected chi connectivity index (χ0v) is 25.4. The van der Waals surface area contributed by atoms with Gasteiger partial charge in [-0.25, -0.2) is 13.6 Å². The van der Waals surface area contributed by atoms with Crippen LogP contribution in [0.15, 0.2) is 72.8 Å². The SMILES string of the molecule is O=C(NCCOCCOCCNc1ccc([N+](=O)[O-])cc1[N+](=O)[O-])c1ccc2c(c1)C1(OC2=O)c2cc(F)ccc2Oc2ccc(F)cc21. The second kappa shape index (κ2) is 13.6. The van der Waals surface area contributed by atoms with Crippen molar-refractivity contribution in [3.05, 3.63) is 132 Å². The Kier molecular flexibility index (Phi) is 9.15. The monoisotopic (exact) mass is 676 g/mol. The van der Waals surface area contributed by atoms with Crippen molar-refractivity contribution in [1.29, 1.82) is 0 Å². The number of nitro benzene ring substituents is 2. The quantitative estimate of drug-likeness (QED) is 0.0820. The van der Waals surface area contributed by atoms with Gasteiger partial charge in [-0.1, -0.05) is 0 Å². The van der Waals surface area contributed by atoms with Gasteiger partial charge in [-0.15, -0.1) is 0 Å². The Bertz CT molecular complexity index is 1940. The summed E-state index contributed by atoms with van der Waals surface area (Å²) in [5.74, 6) is -2.06. The van der Waals surface area contributed by atoms with Crippen LogP contribution in [0.3, 0.4) is 0 Å². The molecular formula is C33H26F2N4O10. The largest absolute Gasteiger partial charge is 0.456 e. The first-order valence-corrected chi connectivity index (χ1v) is 14.8. The Morgan fingerprint density at radius 2 is 1.43 bits per heavy atom. The van der Waals surface area contributed by atoms with Gasteiger partial charge in [-0.05, 0) is 60.7 Å². The minimum absolute atomic E-state index is 0.119. The summed E-state index contributed by atoms with van der Waals surface area (Å²) in [6, 6.07) is 15.1. The number of rotatable bonds is 13. The zero-order valence-electron chi connectivity index (χ0n) is 25.4. The van der Waals surface area contributed by atoms with E-state index in [9.17, 15) is 38.6 Å². The number of ether oxygens (including phenoxy) is 4. The lowest BCUT2D eigenvalue weighted by Crippen LogP contribution is -2.34. The number of benzene rings is 4. The maximum absolute atomic E-state index is 14.5. The molecule has 49 heavy (non-hydrogen) atoms. The molecule has 252 valence electrons. The van der Waals surface area contributed by atoms with E-state index in [1.54, 1.807) is 0 Å². The third kappa shape index (κ3) is 6.46. The van der Waals surface area contributed by atoms with Crippen molar-refractivity contribution in [2.24, 2.45) is 0 Å². The molecule has 2 aliphatic rings. The molecule has 0 fully saturated rings. The van der Waals surface area contributed by atoms with Crippen LogP contribution in [0.25, 0.3) is 0 Å². The van der Waals surface area contributed by atoms with Crippen molar-refractivity contribution >= 4 is 28.9 Å². The standard InChI is InChI=1S/C33H26F2N4O10/c34-20-2-7-29-25(16-20)33(26-17-21(35)3-8-30(26)48-29)24-15-19(1-5-23(24)32(41)49-33)31(40)37-10-12-47-14-13-46-11-9-36-27-6-4-22(38(42)43)18-28(27)39(44)45/h1-8,15-18,36H,9-14H2,(H,37,40). The molecule has 0 bridgehead atoms. The number of hydrogen-bond donors (Lipinski definition) is 2. The van der Waals surface area contributed by atoms with Gasteiger partial charge in [0.15, 0.2) is 5.60 Å². The molecular weight excluding hydrogens is 650 g/mol. The average molecular weight is 677 g/mol. The molecule has 4 aromatic rings. The first-order chi connectivity index (χ1) is 23.6. The highest BCUT2D eigenvalue weighted by molar-refractivity contribution is 6.00. The molecule has 0 atom stereocenters. The van der Waals surface area contributed by atoms with E-state index in [2.05, 4.69) is 10.6 Å². The van der Waals surface area contributed by atoms with Crippen LogP contribution in [-0.4, -0.2) is 61.2 Å². The Balaban J connectivity index is 1.02. The number of fused-ring (bicyclic) bond motifs is 6. The van der Waals surface area contributed by atoms with Crippen molar-refractivity contribution in [3.8, 4) is 11.5 Å². The number of carbonyl (C=O) groups is 2. The minimum Gasteiger partial charge on any atom is -0.456 e. The van der Waals surface area contributed by atoms with Gasteiger partial charge in [-0.3, -0.25) is 25.0 Å². The molecule has 1 spiro atoms. The Morgan fingerprint density at radius 3 is 2.06 bits per heavy atom. The number of carbonyl (C=O) groups excluding carboxylic acids is 2. The van der Waals surface area contributed by atoms with Crippen LogP contribution in [0.5, 0.6) is 11.5 Å². The number of esters is 1. The maximum Gasteiger partial charge on any atom is 0.340 e. The summed E-state index contributed by atoms with van der Waals surface area (Å²) in [7, 11) is 0. The van der Waals surface area contributed by atoms with Gasteiger partial charge < -0.3 is 29.6 Å². The first-order valence-electron chi connectivity index (χ1n) is 14.8. The van der Waals surface area contributed by atoms with Gasteiger partial charge in [0.25, 0.3) is 17.3 Å². The number of nitrogens with one attached hydrogen (secondary N) is 2. The van der Waals surface area contributed by atoms with E-state index in [0.29, 0.717) is 0 Å². The second-order valence-electron chi connectivity index (χ2n) is 10.8. The molecule has 0 unspecified atom stereocenters. The summed E-state index contributed by atoms with van der Waals surface area (Å²) in [5, 5.41) is 27.6. The molecule has 16 heteroatoms. The average Bonchev–Trinajstić information content (AvgIpc) is 3.37. The molecule has 0 aliphatic carbocycles. The van der Waals surface area contributed by atoms with Crippen LogP contribution in [0.4, 0.5) is 25.8 Å². The van der Waals surface area contributed by atoms with Gasteiger partial charge in [0.1, 0.15) is 28.8 Å². The molecule has 2 N–H and O–H groups in total. The van der Waals surface area contributed by atoms with Crippen LogP contribution in [0.1, 0.15) is 37.4 Å².